The number of halogens is 1. The van der Waals surface area contributed by atoms with Gasteiger partial charge in [0.05, 0.1) is 18.0 Å². The zero-order chi connectivity index (χ0) is 14.4. The van der Waals surface area contributed by atoms with Gasteiger partial charge in [0, 0.05) is 11.6 Å². The topological polar surface area (TPSA) is 47.3 Å². The van der Waals surface area contributed by atoms with Crippen molar-refractivity contribution < 1.29 is 4.74 Å². The number of nitrogens with one attached hydrogen (secondary N) is 1. The summed E-state index contributed by atoms with van der Waals surface area (Å²) >= 11 is 5.86. The Kier molecular flexibility index (Phi) is 5.13. The summed E-state index contributed by atoms with van der Waals surface area (Å²) in [4.78, 5) is 0. The number of ether oxygens (including phenoxy) is 1. The highest BCUT2D eigenvalue weighted by atomic mass is 35.5. The predicted molar refractivity (Wildman–Crippen MR) is 85.7 cm³/mol. The van der Waals surface area contributed by atoms with Gasteiger partial charge in [-0.2, -0.15) is 0 Å². The molecule has 0 fully saturated rings. The molecule has 0 atom stereocenters. The first-order valence-corrected chi connectivity index (χ1v) is 7.08. The molecule has 20 heavy (non-hydrogen) atoms. The lowest BCUT2D eigenvalue weighted by Gasteiger charge is -2.13. The van der Waals surface area contributed by atoms with E-state index < -0.39 is 0 Å². The maximum absolute atomic E-state index is 6.06. The van der Waals surface area contributed by atoms with Gasteiger partial charge in [0.1, 0.15) is 5.75 Å². The van der Waals surface area contributed by atoms with Crippen molar-refractivity contribution in [2.75, 3.05) is 24.2 Å². The van der Waals surface area contributed by atoms with Gasteiger partial charge in [0.15, 0.2) is 0 Å². The molecule has 0 amide bonds. The Labute approximate surface area is 124 Å². The number of anilines is 2. The molecular formula is C16H19ClN2O. The van der Waals surface area contributed by atoms with Gasteiger partial charge in [-0.05, 0) is 43.2 Å². The highest BCUT2D eigenvalue weighted by Gasteiger charge is 2.04. The minimum atomic E-state index is 0.610. The Bertz CT molecular complexity index is 555. The summed E-state index contributed by atoms with van der Waals surface area (Å²) in [6.45, 7) is 3.36. The third kappa shape index (κ3) is 3.81. The average Bonchev–Trinajstić information content (AvgIpc) is 2.45. The molecule has 2 aromatic carbocycles. The van der Waals surface area contributed by atoms with Gasteiger partial charge in [-0.3, -0.25) is 0 Å². The van der Waals surface area contributed by atoms with E-state index >= 15 is 0 Å². The van der Waals surface area contributed by atoms with E-state index in [0.29, 0.717) is 12.3 Å². The summed E-state index contributed by atoms with van der Waals surface area (Å²) in [6.07, 6.45) is 0.912. The lowest BCUT2D eigenvalue weighted by atomic mass is 10.1. The molecule has 2 rings (SSSR count). The number of hydrogen-bond acceptors (Lipinski definition) is 3. The second-order valence-electron chi connectivity index (χ2n) is 4.45. The second-order valence-corrected chi connectivity index (χ2v) is 4.89. The van der Waals surface area contributed by atoms with Crippen LogP contribution in [-0.2, 0) is 6.42 Å². The standard InChI is InChI=1S/C16H19ClN2O/c1-2-20-15-5-3-4-14(16(15)18)19-11-10-12-6-8-13(17)9-7-12/h3-9,19H,2,10-11,18H2,1H3. The summed E-state index contributed by atoms with van der Waals surface area (Å²) in [6, 6.07) is 13.6. The van der Waals surface area contributed by atoms with Crippen LogP contribution in [0.4, 0.5) is 11.4 Å². The Morgan fingerprint density at radius 2 is 1.90 bits per heavy atom. The van der Waals surface area contributed by atoms with Crippen LogP contribution in [0.3, 0.4) is 0 Å². The molecule has 0 aromatic heterocycles. The van der Waals surface area contributed by atoms with Crippen molar-refractivity contribution >= 4 is 23.0 Å². The van der Waals surface area contributed by atoms with E-state index in [1.807, 2.05) is 49.4 Å². The van der Waals surface area contributed by atoms with E-state index in [1.54, 1.807) is 0 Å². The van der Waals surface area contributed by atoms with Crippen LogP contribution in [0.1, 0.15) is 12.5 Å². The first kappa shape index (κ1) is 14.5. The van der Waals surface area contributed by atoms with Crippen LogP contribution in [0, 0.1) is 0 Å². The molecule has 0 aliphatic heterocycles. The Morgan fingerprint density at radius 3 is 2.60 bits per heavy atom. The molecule has 0 aliphatic carbocycles. The van der Waals surface area contributed by atoms with E-state index in [2.05, 4.69) is 5.32 Å². The van der Waals surface area contributed by atoms with Gasteiger partial charge in [-0.25, -0.2) is 0 Å². The molecule has 3 nitrogen and oxygen atoms in total. The zero-order valence-electron chi connectivity index (χ0n) is 11.5. The fraction of sp³-hybridized carbons (Fsp3) is 0.250. The molecule has 0 saturated heterocycles. The van der Waals surface area contributed by atoms with Gasteiger partial charge in [0.25, 0.3) is 0 Å². The third-order valence-electron chi connectivity index (χ3n) is 3.01. The number of nitrogens with two attached hydrogens (primary N) is 1. The van der Waals surface area contributed by atoms with E-state index in [4.69, 9.17) is 22.1 Å². The van der Waals surface area contributed by atoms with E-state index in [0.717, 1.165) is 29.4 Å². The molecule has 3 N–H and O–H groups in total. The quantitative estimate of drug-likeness (QED) is 0.791. The van der Waals surface area contributed by atoms with Gasteiger partial charge in [-0.1, -0.05) is 29.8 Å². The number of hydrogen-bond donors (Lipinski definition) is 2. The van der Waals surface area contributed by atoms with E-state index in [1.165, 1.54) is 5.56 Å². The van der Waals surface area contributed by atoms with Crippen molar-refractivity contribution in [2.45, 2.75) is 13.3 Å². The van der Waals surface area contributed by atoms with Gasteiger partial charge in [0.2, 0.25) is 0 Å². The SMILES string of the molecule is CCOc1cccc(NCCc2ccc(Cl)cc2)c1N. The summed E-state index contributed by atoms with van der Waals surface area (Å²) in [5.41, 5.74) is 8.87. The highest BCUT2D eigenvalue weighted by molar-refractivity contribution is 6.30. The van der Waals surface area contributed by atoms with Gasteiger partial charge in [-0.15, -0.1) is 0 Å². The molecule has 0 bridgehead atoms. The van der Waals surface area contributed by atoms with E-state index in [-0.39, 0.29) is 0 Å². The fourth-order valence-corrected chi connectivity index (χ4v) is 2.10. The maximum atomic E-state index is 6.06. The summed E-state index contributed by atoms with van der Waals surface area (Å²) in [7, 11) is 0. The first-order valence-electron chi connectivity index (χ1n) is 6.70. The van der Waals surface area contributed by atoms with Gasteiger partial charge >= 0.3 is 0 Å². The van der Waals surface area contributed by atoms with Gasteiger partial charge < -0.3 is 15.8 Å². The van der Waals surface area contributed by atoms with Crippen molar-refractivity contribution in [3.8, 4) is 5.75 Å². The molecule has 0 aliphatic rings. The molecule has 0 saturated carbocycles. The van der Waals surface area contributed by atoms with Crippen LogP contribution in [0.5, 0.6) is 5.75 Å². The number of nitrogen functional groups attached to an aromatic ring is 1. The molecule has 0 heterocycles. The Hall–Kier alpha value is -1.87. The minimum absolute atomic E-state index is 0.610. The molecule has 106 valence electrons. The van der Waals surface area contributed by atoms with E-state index in [9.17, 15) is 0 Å². The maximum Gasteiger partial charge on any atom is 0.144 e. The molecule has 2 aromatic rings. The number of para-hydroxylation sites is 1. The molecule has 4 heteroatoms. The lowest BCUT2D eigenvalue weighted by Crippen LogP contribution is -2.08. The fourth-order valence-electron chi connectivity index (χ4n) is 1.97. The normalized spacial score (nSPS) is 10.3. The second kappa shape index (κ2) is 7.06. The minimum Gasteiger partial charge on any atom is -0.492 e. The van der Waals surface area contributed by atoms with Crippen LogP contribution in [-0.4, -0.2) is 13.2 Å². The summed E-state index contributed by atoms with van der Waals surface area (Å²) in [5.74, 6) is 0.726. The summed E-state index contributed by atoms with van der Waals surface area (Å²) in [5, 5.41) is 4.10. The highest BCUT2D eigenvalue weighted by Crippen LogP contribution is 2.29. The Morgan fingerprint density at radius 1 is 1.15 bits per heavy atom. The van der Waals surface area contributed by atoms with Crippen molar-refractivity contribution in [1.82, 2.24) is 0 Å². The molecule has 0 radical (unpaired) electrons. The smallest absolute Gasteiger partial charge is 0.144 e. The first-order chi connectivity index (χ1) is 9.70. The van der Waals surface area contributed by atoms with Crippen LogP contribution < -0.4 is 15.8 Å². The number of rotatable bonds is 6. The largest absolute Gasteiger partial charge is 0.492 e. The van der Waals surface area contributed by atoms with Crippen LogP contribution in [0.2, 0.25) is 5.02 Å². The van der Waals surface area contributed by atoms with Crippen LogP contribution in [0.15, 0.2) is 42.5 Å². The Balaban J connectivity index is 1.94. The zero-order valence-corrected chi connectivity index (χ0v) is 12.3. The predicted octanol–water partition coefficient (Wildman–Crippen LogP) is 3.98. The van der Waals surface area contributed by atoms with Crippen molar-refractivity contribution in [2.24, 2.45) is 0 Å². The van der Waals surface area contributed by atoms with Crippen molar-refractivity contribution in [3.05, 3.63) is 53.1 Å². The molecule has 0 unspecified atom stereocenters. The van der Waals surface area contributed by atoms with Crippen LogP contribution >= 0.6 is 11.6 Å². The lowest BCUT2D eigenvalue weighted by molar-refractivity contribution is 0.342. The van der Waals surface area contributed by atoms with Crippen molar-refractivity contribution in [3.63, 3.8) is 0 Å². The average molecular weight is 291 g/mol. The molecular weight excluding hydrogens is 272 g/mol. The molecule has 0 spiro atoms. The van der Waals surface area contributed by atoms with Crippen LogP contribution in [0.25, 0.3) is 0 Å². The summed E-state index contributed by atoms with van der Waals surface area (Å²) < 4.78 is 5.48. The van der Waals surface area contributed by atoms with Crippen molar-refractivity contribution in [1.29, 1.82) is 0 Å². The number of benzene rings is 2. The monoisotopic (exact) mass is 290 g/mol. The third-order valence-corrected chi connectivity index (χ3v) is 3.26.